The molecule has 1 N–H and O–H groups in total. The molecule has 13 heteroatoms. The summed E-state index contributed by atoms with van der Waals surface area (Å²) in [6.45, 7) is 0.122. The van der Waals surface area contributed by atoms with Gasteiger partial charge in [0.2, 0.25) is 0 Å². The Bertz CT molecular complexity index is 754. The Morgan fingerprint density at radius 3 is 2.21 bits per heavy atom. The molecule has 11 nitrogen and oxygen atoms in total. The molecule has 0 saturated carbocycles. The highest BCUT2D eigenvalue weighted by Gasteiger charge is 2.30. The van der Waals surface area contributed by atoms with Gasteiger partial charge in [-0.1, -0.05) is 0 Å². The van der Waals surface area contributed by atoms with Gasteiger partial charge >= 0.3 is 5.97 Å². The van der Waals surface area contributed by atoms with Gasteiger partial charge in [0.25, 0.3) is 17.3 Å². The molecular weight excluding hydrogens is 419 g/mol. The quantitative estimate of drug-likeness (QED) is 0.240. The fourth-order valence-electron chi connectivity index (χ4n) is 2.37. The number of amides is 1. The zero-order valence-electron chi connectivity index (χ0n) is 14.9. The summed E-state index contributed by atoms with van der Waals surface area (Å²) < 4.78 is 4.46. The standard InChI is InChI=1S/C15H18Cl2N4O7/c1-28-13(22)2-5-18-15(23)11-8-10(20(24)25)9-12(21(26)27)14(11)19(6-3-16)7-4-17/h8-9H,2-7H2,1H3,(H,18,23). The Morgan fingerprint density at radius 1 is 1.14 bits per heavy atom. The number of hydrogen-bond donors (Lipinski definition) is 1. The summed E-state index contributed by atoms with van der Waals surface area (Å²) in [7, 11) is 1.18. The second-order valence-electron chi connectivity index (χ2n) is 5.32. The van der Waals surface area contributed by atoms with Crippen molar-refractivity contribution >= 4 is 52.1 Å². The van der Waals surface area contributed by atoms with E-state index in [1.54, 1.807) is 0 Å². The van der Waals surface area contributed by atoms with Crippen LogP contribution in [0.5, 0.6) is 0 Å². The van der Waals surface area contributed by atoms with Crippen LogP contribution in [0.4, 0.5) is 17.1 Å². The van der Waals surface area contributed by atoms with Gasteiger partial charge in [0, 0.05) is 37.5 Å². The monoisotopic (exact) mass is 436 g/mol. The van der Waals surface area contributed by atoms with Crippen molar-refractivity contribution in [1.29, 1.82) is 0 Å². The fraction of sp³-hybridized carbons (Fsp3) is 0.467. The van der Waals surface area contributed by atoms with Crippen molar-refractivity contribution in [3.63, 3.8) is 0 Å². The van der Waals surface area contributed by atoms with Crippen molar-refractivity contribution < 1.29 is 24.2 Å². The summed E-state index contributed by atoms with van der Waals surface area (Å²) in [5.41, 5.74) is -1.67. The van der Waals surface area contributed by atoms with Gasteiger partial charge in [-0.3, -0.25) is 29.8 Å². The molecule has 0 saturated heterocycles. The molecule has 0 spiro atoms. The third kappa shape index (κ3) is 6.20. The second-order valence-corrected chi connectivity index (χ2v) is 6.08. The van der Waals surface area contributed by atoms with E-state index in [1.807, 2.05) is 0 Å². The number of anilines is 1. The number of nitrogens with one attached hydrogen (secondary N) is 1. The van der Waals surface area contributed by atoms with Gasteiger partial charge in [0.1, 0.15) is 5.69 Å². The Morgan fingerprint density at radius 2 is 1.75 bits per heavy atom. The van der Waals surface area contributed by atoms with Crippen molar-refractivity contribution in [3.05, 3.63) is 37.9 Å². The molecule has 0 aliphatic rings. The highest BCUT2D eigenvalue weighted by Crippen LogP contribution is 2.36. The maximum Gasteiger partial charge on any atom is 0.307 e. The van der Waals surface area contributed by atoms with Crippen LogP contribution in [0.25, 0.3) is 0 Å². The van der Waals surface area contributed by atoms with E-state index < -0.39 is 33.1 Å². The van der Waals surface area contributed by atoms with Crippen molar-refractivity contribution in [2.45, 2.75) is 6.42 Å². The van der Waals surface area contributed by atoms with Gasteiger partial charge in [-0.2, -0.15) is 0 Å². The minimum atomic E-state index is -0.838. The number of nitro benzene ring substituents is 2. The van der Waals surface area contributed by atoms with E-state index in [0.29, 0.717) is 0 Å². The van der Waals surface area contributed by atoms with Crippen LogP contribution in [0.15, 0.2) is 12.1 Å². The molecule has 0 aliphatic heterocycles. The molecule has 1 amide bonds. The van der Waals surface area contributed by atoms with Gasteiger partial charge in [0.15, 0.2) is 0 Å². The third-order valence-electron chi connectivity index (χ3n) is 3.59. The number of alkyl halides is 2. The molecule has 0 unspecified atom stereocenters. The maximum atomic E-state index is 12.6. The molecule has 0 heterocycles. The summed E-state index contributed by atoms with van der Waals surface area (Å²) >= 11 is 11.5. The summed E-state index contributed by atoms with van der Waals surface area (Å²) in [5, 5.41) is 25.1. The Labute approximate surface area is 169 Å². The van der Waals surface area contributed by atoms with E-state index in [2.05, 4.69) is 10.1 Å². The lowest BCUT2D eigenvalue weighted by Crippen LogP contribution is -2.33. The summed E-state index contributed by atoms with van der Waals surface area (Å²) in [6.07, 6.45) is -0.137. The topological polar surface area (TPSA) is 145 Å². The Balaban J connectivity index is 3.46. The molecule has 0 bridgehead atoms. The average molecular weight is 437 g/mol. The lowest BCUT2D eigenvalue weighted by Gasteiger charge is -2.24. The summed E-state index contributed by atoms with van der Waals surface area (Å²) in [5.74, 6) is -1.24. The zero-order chi connectivity index (χ0) is 21.3. The first-order chi connectivity index (χ1) is 13.3. The fourth-order valence-corrected chi connectivity index (χ4v) is 2.78. The van der Waals surface area contributed by atoms with Crippen molar-refractivity contribution in [2.24, 2.45) is 0 Å². The van der Waals surface area contributed by atoms with Crippen LogP contribution in [-0.2, 0) is 9.53 Å². The molecule has 0 aliphatic carbocycles. The van der Waals surface area contributed by atoms with Gasteiger partial charge in [-0.25, -0.2) is 0 Å². The van der Waals surface area contributed by atoms with E-state index in [-0.39, 0.29) is 49.1 Å². The number of non-ortho nitro benzene ring substituents is 1. The van der Waals surface area contributed by atoms with E-state index in [0.717, 1.165) is 12.1 Å². The highest BCUT2D eigenvalue weighted by atomic mass is 35.5. The van der Waals surface area contributed by atoms with Gasteiger partial charge < -0.3 is 15.0 Å². The van der Waals surface area contributed by atoms with Crippen molar-refractivity contribution in [3.8, 4) is 0 Å². The summed E-state index contributed by atoms with van der Waals surface area (Å²) in [4.78, 5) is 46.2. The maximum absolute atomic E-state index is 12.6. The van der Waals surface area contributed by atoms with Crippen molar-refractivity contribution in [1.82, 2.24) is 5.32 Å². The molecule has 0 atom stereocenters. The summed E-state index contributed by atoms with van der Waals surface area (Å²) in [6, 6.07) is 1.71. The second kappa shape index (κ2) is 11.2. The van der Waals surface area contributed by atoms with Crippen LogP contribution in [0.2, 0.25) is 0 Å². The van der Waals surface area contributed by atoms with E-state index in [1.165, 1.54) is 12.0 Å². The van der Waals surface area contributed by atoms with Crippen LogP contribution in [0.3, 0.4) is 0 Å². The normalized spacial score (nSPS) is 10.2. The lowest BCUT2D eigenvalue weighted by atomic mass is 10.1. The molecule has 1 aromatic rings. The smallest absolute Gasteiger partial charge is 0.307 e. The van der Waals surface area contributed by atoms with Crippen LogP contribution < -0.4 is 10.2 Å². The van der Waals surface area contributed by atoms with E-state index in [4.69, 9.17) is 23.2 Å². The van der Waals surface area contributed by atoms with Crippen molar-refractivity contribution in [2.75, 3.05) is 43.4 Å². The molecule has 0 aromatic heterocycles. The number of hydrogen-bond acceptors (Lipinski definition) is 8. The molecule has 1 aromatic carbocycles. The number of nitrogens with zero attached hydrogens (tertiary/aromatic N) is 3. The number of nitro groups is 2. The molecule has 0 radical (unpaired) electrons. The third-order valence-corrected chi connectivity index (χ3v) is 3.93. The predicted octanol–water partition coefficient (Wildman–Crippen LogP) is 2.08. The van der Waals surface area contributed by atoms with Crippen LogP contribution >= 0.6 is 23.2 Å². The SMILES string of the molecule is COC(=O)CCNC(=O)c1cc([N+](=O)[O-])cc([N+](=O)[O-])c1N(CCCl)CCCl. The van der Waals surface area contributed by atoms with Crippen LogP contribution in [0.1, 0.15) is 16.8 Å². The molecule has 154 valence electrons. The van der Waals surface area contributed by atoms with Crippen LogP contribution in [0, 0.1) is 20.2 Å². The molecule has 0 fully saturated rings. The van der Waals surface area contributed by atoms with E-state index >= 15 is 0 Å². The number of methoxy groups -OCH3 is 1. The van der Waals surface area contributed by atoms with Crippen LogP contribution in [-0.4, -0.2) is 60.2 Å². The first-order valence-corrected chi connectivity index (χ1v) is 9.02. The molecule has 1 rings (SSSR count). The predicted molar refractivity (Wildman–Crippen MR) is 102 cm³/mol. The number of carbonyl (C=O) groups excluding carboxylic acids is 2. The van der Waals surface area contributed by atoms with Gasteiger partial charge in [-0.05, 0) is 0 Å². The van der Waals surface area contributed by atoms with Gasteiger partial charge in [-0.15, -0.1) is 23.2 Å². The number of rotatable bonds is 11. The zero-order valence-corrected chi connectivity index (χ0v) is 16.4. The number of esters is 1. The number of halogens is 2. The Hall–Kier alpha value is -2.66. The molecular formula is C15H18Cl2N4O7. The Kier molecular flexibility index (Phi) is 9.39. The number of ether oxygens (including phenoxy) is 1. The number of carbonyl (C=O) groups is 2. The van der Waals surface area contributed by atoms with Gasteiger partial charge in [0.05, 0.1) is 35.0 Å². The first kappa shape index (κ1) is 23.4. The minimum Gasteiger partial charge on any atom is -0.469 e. The largest absolute Gasteiger partial charge is 0.469 e. The lowest BCUT2D eigenvalue weighted by molar-refractivity contribution is -0.393. The highest BCUT2D eigenvalue weighted by molar-refractivity contribution is 6.18. The van der Waals surface area contributed by atoms with E-state index in [9.17, 15) is 29.8 Å². The number of benzene rings is 1. The average Bonchev–Trinajstić information content (AvgIpc) is 2.66. The first-order valence-electron chi connectivity index (χ1n) is 7.95. The minimum absolute atomic E-state index is 0.0778. The molecule has 28 heavy (non-hydrogen) atoms.